The summed E-state index contributed by atoms with van der Waals surface area (Å²) in [5.41, 5.74) is 9.30. The largest absolute Gasteiger partial charge is 0.396 e. The van der Waals surface area contributed by atoms with E-state index in [0.29, 0.717) is 39.3 Å². The lowest BCUT2D eigenvalue weighted by Crippen LogP contribution is -2.15. The monoisotopic (exact) mass is 463 g/mol. The van der Waals surface area contributed by atoms with Crippen LogP contribution in [0, 0.1) is 5.92 Å². The fourth-order valence-corrected chi connectivity index (χ4v) is 4.42. The molecule has 0 aromatic carbocycles. The van der Waals surface area contributed by atoms with Crippen molar-refractivity contribution in [3.05, 3.63) is 59.3 Å². The number of halogens is 1. The topological polar surface area (TPSA) is 132 Å². The van der Waals surface area contributed by atoms with E-state index in [1.807, 2.05) is 19.3 Å². The maximum absolute atomic E-state index is 12.8. The molecular weight excluding hydrogens is 442 g/mol. The predicted molar refractivity (Wildman–Crippen MR) is 126 cm³/mol. The maximum Gasteiger partial charge on any atom is 0.229 e. The molecule has 9 nitrogen and oxygen atoms in total. The highest BCUT2D eigenvalue weighted by Gasteiger charge is 2.44. The Morgan fingerprint density at radius 2 is 2.18 bits per heavy atom. The summed E-state index contributed by atoms with van der Waals surface area (Å²) in [6, 6.07) is 3.52. The molecule has 0 spiro atoms. The smallest absolute Gasteiger partial charge is 0.229 e. The molecule has 1 amide bonds. The van der Waals surface area contributed by atoms with Crippen molar-refractivity contribution in [3.63, 3.8) is 0 Å². The summed E-state index contributed by atoms with van der Waals surface area (Å²) in [4.78, 5) is 25.8. The quantitative estimate of drug-likeness (QED) is 0.400. The third kappa shape index (κ3) is 4.01. The van der Waals surface area contributed by atoms with Gasteiger partial charge < -0.3 is 16.2 Å². The van der Waals surface area contributed by atoms with E-state index in [-0.39, 0.29) is 30.2 Å². The third-order valence-electron chi connectivity index (χ3n) is 5.94. The van der Waals surface area contributed by atoms with Crippen molar-refractivity contribution in [3.8, 4) is 11.3 Å². The Morgan fingerprint density at radius 1 is 1.33 bits per heavy atom. The number of nitrogens with two attached hydrogens (primary N) is 1. The van der Waals surface area contributed by atoms with Crippen molar-refractivity contribution in [2.75, 3.05) is 17.7 Å². The van der Waals surface area contributed by atoms with Crippen molar-refractivity contribution in [2.24, 2.45) is 13.0 Å². The summed E-state index contributed by atoms with van der Waals surface area (Å²) in [5.74, 6) is 0.630. The van der Waals surface area contributed by atoms with Gasteiger partial charge in [0, 0.05) is 60.7 Å². The van der Waals surface area contributed by atoms with Gasteiger partial charge in [-0.25, -0.2) is 9.97 Å². The van der Waals surface area contributed by atoms with Gasteiger partial charge in [0.15, 0.2) is 0 Å². The van der Waals surface area contributed by atoms with E-state index in [1.165, 1.54) is 0 Å². The predicted octanol–water partition coefficient (Wildman–Crippen LogP) is 2.94. The van der Waals surface area contributed by atoms with Gasteiger partial charge in [0.05, 0.1) is 16.9 Å². The Labute approximate surface area is 194 Å². The average molecular weight is 464 g/mol. The van der Waals surface area contributed by atoms with Gasteiger partial charge in [0.1, 0.15) is 11.6 Å². The van der Waals surface area contributed by atoms with E-state index >= 15 is 0 Å². The molecule has 2 unspecified atom stereocenters. The van der Waals surface area contributed by atoms with E-state index < -0.39 is 0 Å². The number of aryl methyl sites for hydroxylation is 1. The van der Waals surface area contributed by atoms with Crippen molar-refractivity contribution >= 4 is 39.9 Å². The molecule has 0 bridgehead atoms. The molecular formula is C23H22ClN7O2. The fourth-order valence-electron chi connectivity index (χ4n) is 4.12. The van der Waals surface area contributed by atoms with E-state index in [4.69, 9.17) is 17.3 Å². The van der Waals surface area contributed by atoms with E-state index in [1.54, 1.807) is 35.5 Å². The minimum atomic E-state index is -0.114. The number of carbonyl (C=O) groups is 1. The minimum absolute atomic E-state index is 0.0149. The summed E-state index contributed by atoms with van der Waals surface area (Å²) in [7, 11) is 1.86. The third-order valence-corrected chi connectivity index (χ3v) is 6.32. The molecule has 4 N–H and O–H groups in total. The van der Waals surface area contributed by atoms with Gasteiger partial charge in [-0.1, -0.05) is 11.6 Å². The number of nitrogen functional groups attached to an aromatic ring is 1. The van der Waals surface area contributed by atoms with E-state index in [9.17, 15) is 9.90 Å². The number of aliphatic hydroxyl groups excluding tert-OH is 1. The number of fused-ring (bicyclic) bond motifs is 1. The molecule has 1 aliphatic carbocycles. The number of pyridine rings is 3. The molecule has 0 aliphatic heterocycles. The molecule has 4 aromatic heterocycles. The lowest BCUT2D eigenvalue weighted by atomic mass is 10.0. The van der Waals surface area contributed by atoms with E-state index in [0.717, 1.165) is 17.5 Å². The van der Waals surface area contributed by atoms with Crippen molar-refractivity contribution in [1.29, 1.82) is 0 Å². The Morgan fingerprint density at radius 3 is 2.94 bits per heavy atom. The number of nitrogens with zero attached hydrogens (tertiary/aromatic N) is 5. The molecule has 1 aliphatic rings. The van der Waals surface area contributed by atoms with Crippen molar-refractivity contribution in [2.45, 2.75) is 18.8 Å². The van der Waals surface area contributed by atoms with Gasteiger partial charge >= 0.3 is 0 Å². The zero-order valence-corrected chi connectivity index (χ0v) is 18.6. The van der Waals surface area contributed by atoms with Gasteiger partial charge in [-0.2, -0.15) is 5.10 Å². The van der Waals surface area contributed by atoms with Crippen LogP contribution in [-0.4, -0.2) is 42.4 Å². The molecule has 1 fully saturated rings. The summed E-state index contributed by atoms with van der Waals surface area (Å²) in [5, 5.41) is 18.1. The van der Waals surface area contributed by atoms with Crippen LogP contribution in [0.3, 0.4) is 0 Å². The average Bonchev–Trinajstić information content (AvgIpc) is 3.50. The standard InChI is InChI=1S/C23H22ClN7O2/c1-31-11-13(8-28-31)14-6-16(14)23(33)29-19-7-15-18(10-27-19)22(25)30-21(20(15)24)17-9-26-4-2-12(17)3-5-32/h2,4,7-11,14,16,32H,3,5-6H2,1H3,(H2,25,30)(H,27,29,33). The molecule has 4 aromatic rings. The summed E-state index contributed by atoms with van der Waals surface area (Å²) in [6.07, 6.45) is 9.82. The number of carbonyl (C=O) groups excluding carboxylic acids is 1. The number of anilines is 2. The highest BCUT2D eigenvalue weighted by molar-refractivity contribution is 6.38. The second-order valence-corrected chi connectivity index (χ2v) is 8.54. The molecule has 33 heavy (non-hydrogen) atoms. The first-order valence-electron chi connectivity index (χ1n) is 10.5. The maximum atomic E-state index is 12.8. The number of aromatic nitrogens is 5. The Hall–Kier alpha value is -3.56. The van der Waals surface area contributed by atoms with E-state index in [2.05, 4.69) is 25.4 Å². The number of amides is 1. The van der Waals surface area contributed by atoms with Gasteiger partial charge in [-0.05, 0) is 42.0 Å². The van der Waals surface area contributed by atoms with Crippen LogP contribution in [0.2, 0.25) is 5.02 Å². The Bertz CT molecular complexity index is 1370. The normalized spacial score (nSPS) is 17.3. The second-order valence-electron chi connectivity index (χ2n) is 8.17. The second kappa shape index (κ2) is 8.42. The number of hydrogen-bond donors (Lipinski definition) is 3. The van der Waals surface area contributed by atoms with Crippen LogP contribution in [0.5, 0.6) is 0 Å². The van der Waals surface area contributed by atoms with Crippen molar-refractivity contribution < 1.29 is 9.90 Å². The molecule has 4 heterocycles. The molecule has 0 saturated heterocycles. The molecule has 5 rings (SSSR count). The highest BCUT2D eigenvalue weighted by atomic mass is 35.5. The van der Waals surface area contributed by atoms with Crippen LogP contribution in [0.15, 0.2) is 43.1 Å². The SMILES string of the molecule is Cn1cc(C2CC2C(=O)Nc2cc3c(Cl)c(-c4cnccc4CCO)nc(N)c3cn2)cn1. The molecule has 10 heteroatoms. The lowest BCUT2D eigenvalue weighted by Gasteiger charge is -2.13. The molecule has 0 radical (unpaired) electrons. The van der Waals surface area contributed by atoms with Crippen LogP contribution >= 0.6 is 11.6 Å². The van der Waals surface area contributed by atoms with Gasteiger partial charge in [0.25, 0.3) is 0 Å². The lowest BCUT2D eigenvalue weighted by molar-refractivity contribution is -0.117. The van der Waals surface area contributed by atoms with Crippen molar-refractivity contribution in [1.82, 2.24) is 24.7 Å². The first-order valence-corrected chi connectivity index (χ1v) is 10.9. The number of nitrogens with one attached hydrogen (secondary N) is 1. The summed E-state index contributed by atoms with van der Waals surface area (Å²) < 4.78 is 1.74. The Kier molecular flexibility index (Phi) is 5.43. The van der Waals surface area contributed by atoms with Gasteiger partial charge in [-0.15, -0.1) is 0 Å². The van der Waals surface area contributed by atoms with Crippen LogP contribution in [-0.2, 0) is 18.3 Å². The first-order chi connectivity index (χ1) is 16.0. The number of hydrogen-bond acceptors (Lipinski definition) is 7. The number of aliphatic hydroxyl groups is 1. The van der Waals surface area contributed by atoms with Gasteiger partial charge in [0.2, 0.25) is 5.91 Å². The number of rotatable bonds is 6. The minimum Gasteiger partial charge on any atom is -0.396 e. The van der Waals surface area contributed by atoms with Crippen LogP contribution in [0.4, 0.5) is 11.6 Å². The highest BCUT2D eigenvalue weighted by Crippen LogP contribution is 2.48. The fraction of sp³-hybridized carbons (Fsp3) is 0.261. The molecule has 168 valence electrons. The van der Waals surface area contributed by atoms with Gasteiger partial charge in [-0.3, -0.25) is 14.5 Å². The zero-order chi connectivity index (χ0) is 23.1. The summed E-state index contributed by atoms with van der Waals surface area (Å²) in [6.45, 7) is -0.0149. The zero-order valence-electron chi connectivity index (χ0n) is 17.9. The first kappa shape index (κ1) is 21.3. The molecule has 1 saturated carbocycles. The van der Waals surface area contributed by atoms with Crippen LogP contribution in [0.1, 0.15) is 23.5 Å². The van der Waals surface area contributed by atoms with Crippen LogP contribution < -0.4 is 11.1 Å². The summed E-state index contributed by atoms with van der Waals surface area (Å²) >= 11 is 6.75. The van der Waals surface area contributed by atoms with Crippen LogP contribution in [0.25, 0.3) is 22.0 Å². The Balaban J connectivity index is 1.45. The molecule has 2 atom stereocenters.